The predicted molar refractivity (Wildman–Crippen MR) is 219 cm³/mol. The molecule has 0 aliphatic carbocycles. The number of carbonyl (C=O) groups is 2. The van der Waals surface area contributed by atoms with E-state index in [0.717, 1.165) is 25.7 Å². The van der Waals surface area contributed by atoms with Gasteiger partial charge in [-0.05, 0) is 75.0 Å². The van der Waals surface area contributed by atoms with E-state index in [9.17, 15) is 57.9 Å². The summed E-state index contributed by atoms with van der Waals surface area (Å²) in [5.41, 5.74) is -1.25. The van der Waals surface area contributed by atoms with Gasteiger partial charge in [0.25, 0.3) is 0 Å². The molecule has 388 valence electrons. The Bertz CT molecular complexity index is 1290. The number of ether oxygens (including phenoxy) is 4. The lowest BCUT2D eigenvalue weighted by Gasteiger charge is -2.41. The minimum absolute atomic E-state index is 0.0941. The van der Waals surface area contributed by atoms with Crippen molar-refractivity contribution in [2.75, 3.05) is 69.1 Å². The molecule has 25 heteroatoms. The molecule has 0 aromatic carbocycles. The monoisotopic (exact) mass is 1010 g/mol. The third-order valence-corrected chi connectivity index (χ3v) is 17.1. The van der Waals surface area contributed by atoms with Gasteiger partial charge in [-0.15, -0.1) is 0 Å². The molecule has 0 unspecified atom stereocenters. The summed E-state index contributed by atoms with van der Waals surface area (Å²) in [7, 11) is 2.37. The van der Waals surface area contributed by atoms with E-state index < -0.39 is 97.0 Å². The number of Topliss-reactive ketones (excluding diaryl/α,β-unsaturated/α-hetero) is 2. The molecule has 0 aliphatic rings. The fraction of sp³-hybridized carbons (Fsp3) is 0.950. The van der Waals surface area contributed by atoms with Crippen molar-refractivity contribution in [2.24, 2.45) is 10.8 Å². The molecule has 0 saturated heterocycles. The number of hydrogen-bond acceptors (Lipinski definition) is 12. The summed E-state index contributed by atoms with van der Waals surface area (Å²) < 4.78 is 195. The van der Waals surface area contributed by atoms with Gasteiger partial charge in [-0.3, -0.25) is 14.3 Å². The lowest BCUT2D eigenvalue weighted by Crippen LogP contribution is -2.46. The minimum Gasteiger partial charge on any atom is -0.377 e. The molecule has 0 saturated carbocycles. The summed E-state index contributed by atoms with van der Waals surface area (Å²) in [6.07, 6.45) is -19.2. The van der Waals surface area contributed by atoms with Crippen molar-refractivity contribution in [1.82, 2.24) is 0 Å². The maximum absolute atomic E-state index is 14.0. The Morgan fingerprint density at radius 3 is 1.08 bits per heavy atom. The quantitative estimate of drug-likeness (QED) is 0.0427. The van der Waals surface area contributed by atoms with Gasteiger partial charge in [0, 0.05) is 74.5 Å². The number of alkyl halides is 11. The maximum Gasteiger partial charge on any atom is 0.500 e. The van der Waals surface area contributed by atoms with Gasteiger partial charge >= 0.3 is 48.2 Å². The molecule has 0 bridgehead atoms. The normalized spacial score (nSPS) is 14.1. The van der Waals surface area contributed by atoms with Gasteiger partial charge in [-0.2, -0.15) is 48.3 Å². The molecule has 0 atom stereocenters. The van der Waals surface area contributed by atoms with E-state index >= 15 is 0 Å². The van der Waals surface area contributed by atoms with E-state index in [4.69, 9.17) is 31.3 Å². The third-order valence-electron chi connectivity index (χ3n) is 11.4. The van der Waals surface area contributed by atoms with Crippen LogP contribution in [0.1, 0.15) is 124 Å². The molecular formula is C40H71F11O12Si2. The molecule has 0 rings (SSSR count). The molecule has 12 nitrogen and oxygen atoms in total. The Morgan fingerprint density at radius 2 is 0.785 bits per heavy atom. The van der Waals surface area contributed by atoms with Gasteiger partial charge in [-0.1, -0.05) is 39.5 Å². The highest BCUT2D eigenvalue weighted by Crippen LogP contribution is 2.49. The van der Waals surface area contributed by atoms with Gasteiger partial charge < -0.3 is 36.0 Å². The number of rotatable bonds is 41. The molecule has 0 spiro atoms. The van der Waals surface area contributed by atoms with Gasteiger partial charge in [-0.25, -0.2) is 4.74 Å². The summed E-state index contributed by atoms with van der Waals surface area (Å²) in [5.74, 6) is -1.31. The minimum atomic E-state index is -6.44. The van der Waals surface area contributed by atoms with Crippen LogP contribution in [0.5, 0.6) is 0 Å². The average molecular weight is 1010 g/mol. The van der Waals surface area contributed by atoms with E-state index in [-0.39, 0.29) is 26.2 Å². The zero-order chi connectivity index (χ0) is 50.3. The Morgan fingerprint density at radius 1 is 0.462 bits per heavy atom. The van der Waals surface area contributed by atoms with Crippen LogP contribution in [0.3, 0.4) is 0 Å². The van der Waals surface area contributed by atoms with E-state index in [0.29, 0.717) is 69.9 Å². The van der Waals surface area contributed by atoms with E-state index in [1.807, 2.05) is 13.8 Å². The van der Waals surface area contributed by atoms with Crippen LogP contribution in [0.25, 0.3) is 0 Å². The highest BCUT2D eigenvalue weighted by atomic mass is 28.4. The van der Waals surface area contributed by atoms with Crippen molar-refractivity contribution >= 4 is 29.2 Å². The van der Waals surface area contributed by atoms with E-state index in [1.165, 1.54) is 42.7 Å². The second kappa shape index (κ2) is 28.9. The molecule has 0 fully saturated rings. The first-order chi connectivity index (χ1) is 30.0. The summed E-state index contributed by atoms with van der Waals surface area (Å²) in [6, 6.07) is 0.677. The topological polar surface area (TPSA) is 126 Å². The Kier molecular flexibility index (Phi) is 28.3. The Labute approximate surface area is 378 Å². The fourth-order valence-electron chi connectivity index (χ4n) is 7.69. The van der Waals surface area contributed by atoms with Crippen molar-refractivity contribution in [3.8, 4) is 0 Å². The Hall–Kier alpha value is -1.40. The maximum atomic E-state index is 14.0. The van der Waals surface area contributed by atoms with Crippen molar-refractivity contribution < 1.29 is 103 Å². The summed E-state index contributed by atoms with van der Waals surface area (Å²) in [4.78, 5) is 26.3. The van der Waals surface area contributed by atoms with Crippen molar-refractivity contribution in [3.63, 3.8) is 0 Å². The van der Waals surface area contributed by atoms with Gasteiger partial charge in [0.15, 0.2) is 11.6 Å². The van der Waals surface area contributed by atoms with Crippen molar-refractivity contribution in [3.05, 3.63) is 0 Å². The molecule has 0 amide bonds. The van der Waals surface area contributed by atoms with Crippen molar-refractivity contribution in [2.45, 2.75) is 166 Å². The highest BCUT2D eigenvalue weighted by Gasteiger charge is 2.64. The number of halogens is 11. The second-order valence-corrected chi connectivity index (χ2v) is 22.6. The highest BCUT2D eigenvalue weighted by molar-refractivity contribution is 6.60. The molecule has 0 aliphatic heterocycles. The van der Waals surface area contributed by atoms with Crippen LogP contribution in [-0.2, 0) is 55.1 Å². The van der Waals surface area contributed by atoms with E-state index in [1.54, 1.807) is 0 Å². The van der Waals surface area contributed by atoms with Gasteiger partial charge in [0.2, 0.25) is 0 Å². The second-order valence-electron chi connectivity index (χ2n) is 16.4. The van der Waals surface area contributed by atoms with Crippen molar-refractivity contribution in [1.29, 1.82) is 0 Å². The first-order valence-corrected chi connectivity index (χ1v) is 25.3. The lowest BCUT2D eigenvalue weighted by atomic mass is 9.64. The molecule has 0 aromatic heterocycles. The molecule has 0 aromatic rings. The molecule has 0 N–H and O–H groups in total. The standard InChI is InChI=1S/C40H71F11O12Si2/c1-10-12-18-35(19-13-11-2,22-16-32(52)28-60-30-37(43,44)62-34(3,41)42)24-25-36(20-14-26-64(54-4,55-5)56-6,21-15-27-65(57-7,58-8)59-9)23-17-33(53)29-61-31-38(45,46)63-40(50,51)39(47,48)49/h10-31H2,1-9H3. The summed E-state index contributed by atoms with van der Waals surface area (Å²) in [5, 5.41) is 0. The van der Waals surface area contributed by atoms with Crippen LogP contribution in [-0.4, -0.2) is 129 Å². The third kappa shape index (κ3) is 24.6. The van der Waals surface area contributed by atoms with Crippen LogP contribution >= 0.6 is 0 Å². The fourth-order valence-corrected chi connectivity index (χ4v) is 11.1. The number of hydrogen-bond donors (Lipinski definition) is 0. The van der Waals surface area contributed by atoms with Gasteiger partial charge in [0.1, 0.15) is 26.4 Å². The number of ketones is 2. The zero-order valence-electron chi connectivity index (χ0n) is 39.1. The van der Waals surface area contributed by atoms with Crippen LogP contribution in [0.2, 0.25) is 12.1 Å². The van der Waals surface area contributed by atoms with Crippen LogP contribution in [0, 0.1) is 10.8 Å². The molecular weight excluding hydrogens is 938 g/mol. The van der Waals surface area contributed by atoms with Crippen LogP contribution < -0.4 is 0 Å². The number of carbonyl (C=O) groups excluding carboxylic acids is 2. The van der Waals surface area contributed by atoms with E-state index in [2.05, 4.69) is 14.2 Å². The Balaban J connectivity index is 6.87. The first kappa shape index (κ1) is 63.6. The molecule has 0 heterocycles. The smallest absolute Gasteiger partial charge is 0.377 e. The predicted octanol–water partition coefficient (Wildman–Crippen LogP) is 11.2. The zero-order valence-corrected chi connectivity index (χ0v) is 41.1. The van der Waals surface area contributed by atoms with Crippen LogP contribution in [0.4, 0.5) is 48.3 Å². The first-order valence-electron chi connectivity index (χ1n) is 21.5. The molecule has 65 heavy (non-hydrogen) atoms. The lowest BCUT2D eigenvalue weighted by molar-refractivity contribution is -0.460. The average Bonchev–Trinajstić information content (AvgIpc) is 3.21. The summed E-state index contributed by atoms with van der Waals surface area (Å²) in [6.45, 7) is -1.37. The van der Waals surface area contributed by atoms with Gasteiger partial charge in [0.05, 0.1) is 0 Å². The SMILES string of the molecule is CCCCC(CCCC)(CCC(=O)COCC(F)(F)OC(C)(F)F)CCC(CCC[Si](OC)(OC)OC)(CCC[Si](OC)(OC)OC)CCC(=O)COCC(F)(F)OC(F)(F)C(F)(F)F. The van der Waals surface area contributed by atoms with Crippen LogP contribution in [0.15, 0.2) is 0 Å². The largest absolute Gasteiger partial charge is 0.500 e. The molecule has 0 radical (unpaired) electrons. The summed E-state index contributed by atoms with van der Waals surface area (Å²) >= 11 is 0. The number of unbranched alkanes of at least 4 members (excludes halogenated alkanes) is 2.